The number of hydrogen-bond donors (Lipinski definition) is 0. The van der Waals surface area contributed by atoms with Gasteiger partial charge in [-0.05, 0) is 38.5 Å². The van der Waals surface area contributed by atoms with Gasteiger partial charge in [-0.25, -0.2) is 0 Å². The molecule has 0 bridgehead atoms. The molecular formula is C52H99NO7. The third-order valence-corrected chi connectivity index (χ3v) is 11.9. The largest absolute Gasteiger partial charge is 0.544 e. The van der Waals surface area contributed by atoms with E-state index in [2.05, 4.69) is 26.0 Å². The number of ether oxygens (including phenoxy) is 3. The van der Waals surface area contributed by atoms with Gasteiger partial charge in [0.2, 0.25) is 0 Å². The van der Waals surface area contributed by atoms with Gasteiger partial charge in [-0.15, -0.1) is 0 Å². The number of allylic oxidation sites excluding steroid dienone is 2. The summed E-state index contributed by atoms with van der Waals surface area (Å²) in [5.74, 6) is -1.72. The van der Waals surface area contributed by atoms with Crippen molar-refractivity contribution in [2.75, 3.05) is 41.0 Å². The van der Waals surface area contributed by atoms with Crippen molar-refractivity contribution in [3.63, 3.8) is 0 Å². The van der Waals surface area contributed by atoms with Crippen LogP contribution >= 0.6 is 0 Å². The van der Waals surface area contributed by atoms with Crippen LogP contribution in [0.3, 0.4) is 0 Å². The van der Waals surface area contributed by atoms with Gasteiger partial charge in [-0.2, -0.15) is 0 Å². The molecule has 0 aliphatic heterocycles. The van der Waals surface area contributed by atoms with Crippen molar-refractivity contribution in [3.8, 4) is 0 Å². The Balaban J connectivity index is 4.21. The second-order valence-electron chi connectivity index (χ2n) is 18.8. The number of unbranched alkanes of at least 4 members (excludes halogenated alkanes) is 31. The predicted octanol–water partition coefficient (Wildman–Crippen LogP) is 13.3. The number of rotatable bonds is 47. The standard InChI is InChI=1S/C52H99NO7/c1-6-8-10-12-14-16-18-20-22-24-25-26-27-29-31-33-35-37-39-41-43-51(55)60-48(46-58-45-44-49(52(56)57)53(3,4)5)47-59-50(54)42-40-38-36-34-32-30-28-23-21-19-17-15-13-11-9-7-2/h23,28,48-49H,6-22,24-27,29-47H2,1-5H3/b28-23+. The van der Waals surface area contributed by atoms with Crippen LogP contribution in [0.25, 0.3) is 0 Å². The molecule has 0 N–H and O–H groups in total. The molecule has 2 unspecified atom stereocenters. The SMILES string of the molecule is CCCCCCCCC/C=C/CCCCCCCC(=O)OCC(COCCC(C(=O)[O-])[N+](C)(C)C)OC(=O)CCCCCCCCCCCCCCCCCCCCCC. The van der Waals surface area contributed by atoms with Gasteiger partial charge in [-0.3, -0.25) is 9.59 Å². The van der Waals surface area contributed by atoms with E-state index in [0.29, 0.717) is 12.8 Å². The first-order valence-corrected chi connectivity index (χ1v) is 25.7. The maximum absolute atomic E-state index is 12.8. The van der Waals surface area contributed by atoms with E-state index in [1.165, 1.54) is 173 Å². The number of hydrogen-bond acceptors (Lipinski definition) is 7. The first kappa shape index (κ1) is 58.1. The van der Waals surface area contributed by atoms with Gasteiger partial charge in [0.15, 0.2) is 6.10 Å². The van der Waals surface area contributed by atoms with Crippen LogP contribution < -0.4 is 5.11 Å². The molecule has 0 heterocycles. The van der Waals surface area contributed by atoms with Crippen LogP contribution in [0.15, 0.2) is 12.2 Å². The molecule has 8 nitrogen and oxygen atoms in total. The number of carboxylic acid groups (broad SMARTS) is 1. The smallest absolute Gasteiger partial charge is 0.306 e. The molecule has 0 aliphatic rings. The van der Waals surface area contributed by atoms with E-state index in [4.69, 9.17) is 14.2 Å². The number of quaternary nitrogens is 1. The molecule has 60 heavy (non-hydrogen) atoms. The lowest BCUT2D eigenvalue weighted by atomic mass is 10.0. The van der Waals surface area contributed by atoms with Crippen molar-refractivity contribution >= 4 is 17.9 Å². The molecule has 0 amide bonds. The maximum Gasteiger partial charge on any atom is 0.306 e. The van der Waals surface area contributed by atoms with Gasteiger partial charge in [0.1, 0.15) is 12.6 Å². The summed E-state index contributed by atoms with van der Waals surface area (Å²) in [7, 11) is 5.42. The third kappa shape index (κ3) is 41.4. The summed E-state index contributed by atoms with van der Waals surface area (Å²) in [5, 5.41) is 11.7. The van der Waals surface area contributed by atoms with Crippen LogP contribution in [0.4, 0.5) is 0 Å². The number of esters is 2. The summed E-state index contributed by atoms with van der Waals surface area (Å²) in [6.45, 7) is 4.70. The molecule has 0 aliphatic carbocycles. The summed E-state index contributed by atoms with van der Waals surface area (Å²) in [4.78, 5) is 37.0. The zero-order valence-corrected chi connectivity index (χ0v) is 40.4. The van der Waals surface area contributed by atoms with E-state index >= 15 is 0 Å². The fraction of sp³-hybridized carbons (Fsp3) is 0.904. The van der Waals surface area contributed by atoms with E-state index in [-0.39, 0.29) is 42.7 Å². The van der Waals surface area contributed by atoms with Crippen molar-refractivity contribution in [2.24, 2.45) is 0 Å². The fourth-order valence-corrected chi connectivity index (χ4v) is 7.89. The van der Waals surface area contributed by atoms with E-state index in [1.54, 1.807) is 0 Å². The van der Waals surface area contributed by atoms with Crippen molar-refractivity contribution in [2.45, 2.75) is 264 Å². The summed E-state index contributed by atoms with van der Waals surface area (Å²) >= 11 is 0. The Kier molecular flexibility index (Phi) is 42.3. The Hall–Kier alpha value is -1.93. The molecule has 8 heteroatoms. The third-order valence-electron chi connectivity index (χ3n) is 11.9. The Morgan fingerprint density at radius 1 is 0.483 bits per heavy atom. The number of carbonyl (C=O) groups excluding carboxylic acids is 3. The highest BCUT2D eigenvalue weighted by Crippen LogP contribution is 2.16. The van der Waals surface area contributed by atoms with Gasteiger partial charge < -0.3 is 28.6 Å². The van der Waals surface area contributed by atoms with Crippen LogP contribution in [0.1, 0.15) is 251 Å². The molecule has 2 atom stereocenters. The van der Waals surface area contributed by atoms with Gasteiger partial charge >= 0.3 is 11.9 Å². The fourth-order valence-electron chi connectivity index (χ4n) is 7.89. The molecular weight excluding hydrogens is 751 g/mol. The van der Waals surface area contributed by atoms with E-state index in [9.17, 15) is 19.5 Å². The summed E-state index contributed by atoms with van der Waals surface area (Å²) in [5.41, 5.74) is 0. The Morgan fingerprint density at radius 2 is 0.833 bits per heavy atom. The van der Waals surface area contributed by atoms with Crippen LogP contribution in [-0.2, 0) is 28.6 Å². The molecule has 0 saturated carbocycles. The van der Waals surface area contributed by atoms with Crippen LogP contribution in [-0.4, -0.2) is 75.5 Å². The van der Waals surface area contributed by atoms with Crippen LogP contribution in [0.2, 0.25) is 0 Å². The van der Waals surface area contributed by atoms with Gasteiger partial charge in [0.05, 0.1) is 40.3 Å². The second-order valence-corrected chi connectivity index (χ2v) is 18.8. The minimum atomic E-state index is -1.12. The summed E-state index contributed by atoms with van der Waals surface area (Å²) < 4.78 is 17.2. The predicted molar refractivity (Wildman–Crippen MR) is 250 cm³/mol. The van der Waals surface area contributed by atoms with Crippen LogP contribution in [0, 0.1) is 0 Å². The monoisotopic (exact) mass is 850 g/mol. The molecule has 0 spiro atoms. The lowest BCUT2D eigenvalue weighted by molar-refractivity contribution is -0.889. The number of aliphatic carboxylic acids is 1. The van der Waals surface area contributed by atoms with Crippen molar-refractivity contribution in [1.82, 2.24) is 0 Å². The topological polar surface area (TPSA) is 102 Å². The molecule has 0 aromatic heterocycles. The van der Waals surface area contributed by atoms with E-state index < -0.39 is 18.1 Å². The molecule has 0 fully saturated rings. The van der Waals surface area contributed by atoms with E-state index in [0.717, 1.165) is 44.9 Å². The van der Waals surface area contributed by atoms with Crippen molar-refractivity contribution in [1.29, 1.82) is 0 Å². The summed E-state index contributed by atoms with van der Waals surface area (Å²) in [6, 6.07) is -0.723. The minimum Gasteiger partial charge on any atom is -0.544 e. The lowest BCUT2D eigenvalue weighted by Gasteiger charge is -2.34. The zero-order valence-electron chi connectivity index (χ0n) is 40.4. The zero-order chi connectivity index (χ0) is 44.2. The lowest BCUT2D eigenvalue weighted by Crippen LogP contribution is -2.55. The molecule has 0 rings (SSSR count). The Labute approximate surface area is 371 Å². The number of carboxylic acids is 1. The normalized spacial score (nSPS) is 12.9. The molecule has 354 valence electrons. The first-order valence-electron chi connectivity index (χ1n) is 25.7. The highest BCUT2D eigenvalue weighted by molar-refractivity contribution is 5.70. The first-order chi connectivity index (χ1) is 29.1. The average Bonchev–Trinajstić information content (AvgIpc) is 3.21. The molecule has 0 radical (unpaired) electrons. The van der Waals surface area contributed by atoms with Crippen molar-refractivity contribution < 1.29 is 38.2 Å². The Morgan fingerprint density at radius 3 is 1.20 bits per heavy atom. The number of carbonyl (C=O) groups is 3. The molecule has 0 aromatic rings. The molecule has 0 aromatic carbocycles. The second kappa shape index (κ2) is 43.7. The molecule has 0 saturated heterocycles. The van der Waals surface area contributed by atoms with Gasteiger partial charge in [0, 0.05) is 19.3 Å². The Bertz CT molecular complexity index is 993. The van der Waals surface area contributed by atoms with Gasteiger partial charge in [0.25, 0.3) is 0 Å². The summed E-state index contributed by atoms with van der Waals surface area (Å²) in [6.07, 6.45) is 48.1. The average molecular weight is 850 g/mol. The van der Waals surface area contributed by atoms with Crippen LogP contribution in [0.5, 0.6) is 0 Å². The highest BCUT2D eigenvalue weighted by Gasteiger charge is 2.25. The van der Waals surface area contributed by atoms with E-state index in [1.807, 2.05) is 21.1 Å². The van der Waals surface area contributed by atoms with Gasteiger partial charge in [-0.1, -0.05) is 206 Å². The maximum atomic E-state index is 12.8. The minimum absolute atomic E-state index is 0.0443. The number of likely N-dealkylation sites (N-methyl/N-ethyl adjacent to an activating group) is 1. The number of nitrogens with zero attached hydrogens (tertiary/aromatic N) is 1. The van der Waals surface area contributed by atoms with Crippen molar-refractivity contribution in [3.05, 3.63) is 12.2 Å². The highest BCUT2D eigenvalue weighted by atomic mass is 16.6. The quantitative estimate of drug-likeness (QED) is 0.0260.